The average Bonchev–Trinajstić information content (AvgIpc) is 2.90. The Morgan fingerprint density at radius 1 is 1.26 bits per heavy atom. The van der Waals surface area contributed by atoms with Crippen LogP contribution in [0, 0.1) is 0 Å². The molecule has 2 rings (SSSR count). The Morgan fingerprint density at radius 2 is 2.05 bits per heavy atom. The van der Waals surface area contributed by atoms with Crippen LogP contribution in [0.4, 0.5) is 0 Å². The van der Waals surface area contributed by atoms with Crippen molar-refractivity contribution in [1.29, 1.82) is 0 Å². The molecule has 0 aliphatic heterocycles. The van der Waals surface area contributed by atoms with E-state index in [-0.39, 0.29) is 11.9 Å². The van der Waals surface area contributed by atoms with Gasteiger partial charge in [-0.05, 0) is 30.7 Å². The van der Waals surface area contributed by atoms with Gasteiger partial charge in [0.15, 0.2) is 0 Å². The second-order valence-electron chi connectivity index (χ2n) is 4.44. The molecule has 2 aromatic rings. The number of carbonyl (C=O) groups excluding carboxylic acids is 1. The van der Waals surface area contributed by atoms with Crippen molar-refractivity contribution < 1.29 is 9.21 Å². The first-order valence-corrected chi connectivity index (χ1v) is 6.30. The fourth-order valence-electron chi connectivity index (χ4n) is 1.81. The standard InChI is InChI=1S/C16H17NO2/c1-13(12-15-8-5-11-19-15)17-16(18)10-9-14-6-3-2-4-7-14/h2-11,13H,12H2,1H3,(H,17,18)/b10-9+/t13-/m0/s1. The summed E-state index contributed by atoms with van der Waals surface area (Å²) in [5.74, 6) is 0.780. The normalized spacial score (nSPS) is 12.5. The highest BCUT2D eigenvalue weighted by atomic mass is 16.3. The van der Waals surface area contributed by atoms with E-state index in [0.717, 1.165) is 11.3 Å². The van der Waals surface area contributed by atoms with Crippen LogP contribution in [-0.2, 0) is 11.2 Å². The Morgan fingerprint density at radius 3 is 2.74 bits per heavy atom. The van der Waals surface area contributed by atoms with Crippen molar-refractivity contribution in [2.45, 2.75) is 19.4 Å². The molecular weight excluding hydrogens is 238 g/mol. The number of amides is 1. The fourth-order valence-corrected chi connectivity index (χ4v) is 1.81. The maximum absolute atomic E-state index is 11.7. The minimum absolute atomic E-state index is 0.0408. The van der Waals surface area contributed by atoms with Crippen LogP contribution in [0.2, 0.25) is 0 Å². The maximum atomic E-state index is 11.7. The number of nitrogens with one attached hydrogen (secondary N) is 1. The molecular formula is C16H17NO2. The second kappa shape index (κ2) is 6.59. The first kappa shape index (κ1) is 13.1. The third kappa shape index (κ3) is 4.47. The zero-order valence-corrected chi connectivity index (χ0v) is 10.9. The summed E-state index contributed by atoms with van der Waals surface area (Å²) in [5, 5.41) is 2.90. The van der Waals surface area contributed by atoms with Gasteiger partial charge in [0.1, 0.15) is 5.76 Å². The molecule has 1 heterocycles. The first-order chi connectivity index (χ1) is 9.24. The van der Waals surface area contributed by atoms with Crippen LogP contribution < -0.4 is 5.32 Å². The molecule has 0 saturated heterocycles. The van der Waals surface area contributed by atoms with Crippen LogP contribution in [0.3, 0.4) is 0 Å². The molecule has 0 unspecified atom stereocenters. The quantitative estimate of drug-likeness (QED) is 0.834. The number of carbonyl (C=O) groups is 1. The van der Waals surface area contributed by atoms with Gasteiger partial charge < -0.3 is 9.73 Å². The summed E-state index contributed by atoms with van der Waals surface area (Å²) in [4.78, 5) is 11.7. The molecule has 1 aromatic carbocycles. The second-order valence-corrected chi connectivity index (χ2v) is 4.44. The molecule has 0 fully saturated rings. The van der Waals surface area contributed by atoms with Crippen molar-refractivity contribution in [2.24, 2.45) is 0 Å². The van der Waals surface area contributed by atoms with Crippen LogP contribution >= 0.6 is 0 Å². The predicted molar refractivity (Wildman–Crippen MR) is 75.5 cm³/mol. The monoisotopic (exact) mass is 255 g/mol. The van der Waals surface area contributed by atoms with Gasteiger partial charge in [0, 0.05) is 18.5 Å². The zero-order chi connectivity index (χ0) is 13.5. The Bertz CT molecular complexity index is 529. The molecule has 3 nitrogen and oxygen atoms in total. The third-order valence-corrected chi connectivity index (χ3v) is 2.70. The van der Waals surface area contributed by atoms with Crippen molar-refractivity contribution >= 4 is 12.0 Å². The summed E-state index contributed by atoms with van der Waals surface area (Å²) in [6, 6.07) is 13.5. The summed E-state index contributed by atoms with van der Waals surface area (Å²) >= 11 is 0. The van der Waals surface area contributed by atoms with E-state index >= 15 is 0 Å². The van der Waals surface area contributed by atoms with Crippen LogP contribution in [0.5, 0.6) is 0 Å². The van der Waals surface area contributed by atoms with Crippen LogP contribution in [0.25, 0.3) is 6.08 Å². The van der Waals surface area contributed by atoms with Gasteiger partial charge in [-0.2, -0.15) is 0 Å². The molecule has 98 valence electrons. The van der Waals surface area contributed by atoms with Crippen molar-refractivity contribution in [1.82, 2.24) is 5.32 Å². The van der Waals surface area contributed by atoms with Crippen molar-refractivity contribution in [3.05, 3.63) is 66.1 Å². The van der Waals surface area contributed by atoms with E-state index in [2.05, 4.69) is 5.32 Å². The lowest BCUT2D eigenvalue weighted by molar-refractivity contribution is -0.117. The highest BCUT2D eigenvalue weighted by molar-refractivity contribution is 5.91. The third-order valence-electron chi connectivity index (χ3n) is 2.70. The van der Waals surface area contributed by atoms with E-state index < -0.39 is 0 Å². The van der Waals surface area contributed by atoms with Crippen LogP contribution in [0.1, 0.15) is 18.2 Å². The van der Waals surface area contributed by atoms with Gasteiger partial charge in [0.05, 0.1) is 6.26 Å². The van der Waals surface area contributed by atoms with Crippen LogP contribution in [-0.4, -0.2) is 11.9 Å². The molecule has 0 aliphatic carbocycles. The van der Waals surface area contributed by atoms with E-state index in [1.165, 1.54) is 0 Å². The summed E-state index contributed by atoms with van der Waals surface area (Å²) in [6.45, 7) is 1.96. The molecule has 3 heteroatoms. The smallest absolute Gasteiger partial charge is 0.244 e. The average molecular weight is 255 g/mol. The first-order valence-electron chi connectivity index (χ1n) is 6.30. The predicted octanol–water partition coefficient (Wildman–Crippen LogP) is 3.04. The Hall–Kier alpha value is -2.29. The van der Waals surface area contributed by atoms with E-state index in [1.54, 1.807) is 18.4 Å². The van der Waals surface area contributed by atoms with Gasteiger partial charge in [-0.15, -0.1) is 0 Å². The molecule has 19 heavy (non-hydrogen) atoms. The van der Waals surface area contributed by atoms with E-state index in [4.69, 9.17) is 4.42 Å². The lowest BCUT2D eigenvalue weighted by Crippen LogP contribution is -2.32. The zero-order valence-electron chi connectivity index (χ0n) is 10.9. The van der Waals surface area contributed by atoms with E-state index in [9.17, 15) is 4.79 Å². The van der Waals surface area contributed by atoms with Gasteiger partial charge in [0.25, 0.3) is 0 Å². The number of hydrogen-bond donors (Lipinski definition) is 1. The summed E-state index contributed by atoms with van der Waals surface area (Å²) < 4.78 is 5.25. The van der Waals surface area contributed by atoms with Crippen LogP contribution in [0.15, 0.2) is 59.2 Å². The SMILES string of the molecule is C[C@@H](Cc1ccco1)NC(=O)/C=C/c1ccccc1. The Kier molecular flexibility index (Phi) is 4.56. The van der Waals surface area contributed by atoms with Gasteiger partial charge in [-0.25, -0.2) is 0 Å². The highest BCUT2D eigenvalue weighted by Crippen LogP contribution is 2.04. The molecule has 0 spiro atoms. The Labute approximate surface area is 112 Å². The molecule has 1 amide bonds. The van der Waals surface area contributed by atoms with E-state index in [1.807, 2.05) is 49.4 Å². The Balaban J connectivity index is 1.82. The van der Waals surface area contributed by atoms with Crippen molar-refractivity contribution in [3.63, 3.8) is 0 Å². The number of furan rings is 1. The lowest BCUT2D eigenvalue weighted by atomic mass is 10.2. The molecule has 0 radical (unpaired) electrons. The largest absolute Gasteiger partial charge is 0.469 e. The topological polar surface area (TPSA) is 42.2 Å². The molecule has 0 bridgehead atoms. The number of hydrogen-bond acceptors (Lipinski definition) is 2. The van der Waals surface area contributed by atoms with Gasteiger partial charge in [0.2, 0.25) is 5.91 Å². The molecule has 0 aliphatic rings. The number of benzene rings is 1. The lowest BCUT2D eigenvalue weighted by Gasteiger charge is -2.10. The molecule has 0 saturated carbocycles. The van der Waals surface area contributed by atoms with Gasteiger partial charge in [-0.3, -0.25) is 4.79 Å². The van der Waals surface area contributed by atoms with Gasteiger partial charge in [-0.1, -0.05) is 30.3 Å². The van der Waals surface area contributed by atoms with Crippen molar-refractivity contribution in [2.75, 3.05) is 0 Å². The van der Waals surface area contributed by atoms with Crippen molar-refractivity contribution in [3.8, 4) is 0 Å². The molecule has 1 N–H and O–H groups in total. The fraction of sp³-hybridized carbons (Fsp3) is 0.188. The summed E-state index contributed by atoms with van der Waals surface area (Å²) in [7, 11) is 0. The maximum Gasteiger partial charge on any atom is 0.244 e. The molecule has 1 aromatic heterocycles. The van der Waals surface area contributed by atoms with Gasteiger partial charge >= 0.3 is 0 Å². The van der Waals surface area contributed by atoms with E-state index in [0.29, 0.717) is 6.42 Å². The highest BCUT2D eigenvalue weighted by Gasteiger charge is 2.07. The summed E-state index contributed by atoms with van der Waals surface area (Å²) in [6.07, 6.45) is 5.68. The minimum atomic E-state index is -0.0945. The minimum Gasteiger partial charge on any atom is -0.469 e. The molecule has 1 atom stereocenters. The number of rotatable bonds is 5. The summed E-state index contributed by atoms with van der Waals surface area (Å²) in [5.41, 5.74) is 1.01.